The summed E-state index contributed by atoms with van der Waals surface area (Å²) >= 11 is 1.31. The second kappa shape index (κ2) is 5.55. The Kier molecular flexibility index (Phi) is 4.17. The van der Waals surface area contributed by atoms with Crippen molar-refractivity contribution >= 4 is 22.6 Å². The molecule has 112 valence electrons. The summed E-state index contributed by atoms with van der Waals surface area (Å²) in [6.07, 6.45) is 0.612. The van der Waals surface area contributed by atoms with Crippen LogP contribution >= 0.6 is 11.3 Å². The minimum atomic E-state index is -1.11. The predicted molar refractivity (Wildman–Crippen MR) is 76.6 cm³/mol. The number of alkyl halides is 1. The zero-order valence-electron chi connectivity index (χ0n) is 11.9. The van der Waals surface area contributed by atoms with Crippen LogP contribution in [0.2, 0.25) is 0 Å². The molecule has 0 spiro atoms. The molecule has 1 aliphatic heterocycles. The molecular weight excluding hydrogens is 281 g/mol. The maximum absolute atomic E-state index is 14.3. The molecule has 0 aliphatic carbocycles. The van der Waals surface area contributed by atoms with Crippen molar-refractivity contribution in [2.45, 2.75) is 44.9 Å². The van der Waals surface area contributed by atoms with Gasteiger partial charge in [-0.2, -0.15) is 0 Å². The van der Waals surface area contributed by atoms with Gasteiger partial charge < -0.3 is 15.4 Å². The number of likely N-dealkylation sites (tertiary alicyclic amines) is 1. The number of anilines is 1. The Morgan fingerprint density at radius 1 is 1.60 bits per heavy atom. The first-order valence-electron chi connectivity index (χ1n) is 6.59. The third kappa shape index (κ3) is 3.59. The Hall–Kier alpha value is -1.37. The summed E-state index contributed by atoms with van der Waals surface area (Å²) in [5.41, 5.74) is 5.01. The van der Waals surface area contributed by atoms with Crippen LogP contribution < -0.4 is 5.73 Å². The van der Waals surface area contributed by atoms with Gasteiger partial charge in [0.2, 0.25) is 0 Å². The van der Waals surface area contributed by atoms with Crippen LogP contribution in [0.25, 0.3) is 0 Å². The van der Waals surface area contributed by atoms with E-state index in [1.807, 2.05) is 0 Å². The van der Waals surface area contributed by atoms with E-state index >= 15 is 0 Å². The molecule has 1 amide bonds. The molecule has 2 N–H and O–H groups in total. The van der Waals surface area contributed by atoms with Crippen LogP contribution in [-0.2, 0) is 4.74 Å². The van der Waals surface area contributed by atoms with Crippen LogP contribution in [0.5, 0.6) is 0 Å². The number of ether oxygens (including phenoxy) is 1. The normalized spacial score (nSPS) is 23.7. The quantitative estimate of drug-likeness (QED) is 0.866. The van der Waals surface area contributed by atoms with Gasteiger partial charge in [-0.3, -0.25) is 0 Å². The molecular formula is C13H20FN3O2S. The molecule has 1 aromatic heterocycles. The van der Waals surface area contributed by atoms with E-state index < -0.39 is 17.9 Å². The van der Waals surface area contributed by atoms with E-state index in [2.05, 4.69) is 4.98 Å². The zero-order valence-corrected chi connectivity index (χ0v) is 12.7. The van der Waals surface area contributed by atoms with E-state index in [1.54, 1.807) is 27.0 Å². The SMILES string of the molecule is CC(C)(C)OC(=O)N1CC[C@@H](c2cnc(N)s2)[C@@H](F)C1. The van der Waals surface area contributed by atoms with Crippen molar-refractivity contribution in [1.29, 1.82) is 0 Å². The summed E-state index contributed by atoms with van der Waals surface area (Å²) < 4.78 is 19.5. The average molecular weight is 301 g/mol. The molecule has 1 aromatic rings. The van der Waals surface area contributed by atoms with Crippen LogP contribution in [0, 0.1) is 0 Å². The molecule has 0 bridgehead atoms. The molecule has 7 heteroatoms. The second-order valence-electron chi connectivity index (χ2n) is 5.94. The van der Waals surface area contributed by atoms with E-state index in [0.29, 0.717) is 18.1 Å². The molecule has 1 saturated heterocycles. The first-order valence-corrected chi connectivity index (χ1v) is 7.41. The Balaban J connectivity index is 1.97. The fraction of sp³-hybridized carbons (Fsp3) is 0.692. The van der Waals surface area contributed by atoms with Gasteiger partial charge in [-0.25, -0.2) is 14.2 Å². The number of nitrogens with two attached hydrogens (primary N) is 1. The summed E-state index contributed by atoms with van der Waals surface area (Å²) in [5, 5.41) is 0.446. The van der Waals surface area contributed by atoms with Gasteiger partial charge in [0.1, 0.15) is 11.8 Å². The number of nitrogens with zero attached hydrogens (tertiary/aromatic N) is 2. The highest BCUT2D eigenvalue weighted by atomic mass is 32.1. The maximum atomic E-state index is 14.3. The van der Waals surface area contributed by atoms with Gasteiger partial charge in [-0.05, 0) is 27.2 Å². The predicted octanol–water partition coefficient (Wildman–Crippen LogP) is 2.79. The van der Waals surface area contributed by atoms with Gasteiger partial charge in [0.05, 0.1) is 6.54 Å². The van der Waals surface area contributed by atoms with Gasteiger partial charge >= 0.3 is 6.09 Å². The highest BCUT2D eigenvalue weighted by Crippen LogP contribution is 2.34. The first-order chi connectivity index (χ1) is 9.26. The van der Waals surface area contributed by atoms with Crippen molar-refractivity contribution in [3.8, 4) is 0 Å². The lowest BCUT2D eigenvalue weighted by atomic mass is 9.94. The highest BCUT2D eigenvalue weighted by molar-refractivity contribution is 7.15. The van der Waals surface area contributed by atoms with Crippen LogP contribution in [0.15, 0.2) is 6.20 Å². The van der Waals surface area contributed by atoms with E-state index in [-0.39, 0.29) is 12.5 Å². The van der Waals surface area contributed by atoms with Gasteiger partial charge in [-0.1, -0.05) is 0 Å². The monoisotopic (exact) mass is 301 g/mol. The van der Waals surface area contributed by atoms with Gasteiger partial charge in [0.15, 0.2) is 5.13 Å². The highest BCUT2D eigenvalue weighted by Gasteiger charge is 2.35. The lowest BCUT2D eigenvalue weighted by Gasteiger charge is -2.35. The Labute approximate surface area is 121 Å². The summed E-state index contributed by atoms with van der Waals surface area (Å²) in [4.78, 5) is 18.1. The van der Waals surface area contributed by atoms with Crippen molar-refractivity contribution in [3.63, 3.8) is 0 Å². The minimum absolute atomic E-state index is 0.0530. The van der Waals surface area contributed by atoms with Gasteiger partial charge in [0, 0.05) is 23.5 Å². The van der Waals surface area contributed by atoms with Crippen molar-refractivity contribution in [1.82, 2.24) is 9.88 Å². The molecule has 1 aliphatic rings. The average Bonchev–Trinajstić information content (AvgIpc) is 2.73. The summed E-state index contributed by atoms with van der Waals surface area (Å²) in [6.45, 7) is 5.93. The maximum Gasteiger partial charge on any atom is 0.410 e. The smallest absolute Gasteiger partial charge is 0.410 e. The molecule has 2 rings (SSSR count). The number of hydrogen-bond donors (Lipinski definition) is 1. The lowest BCUT2D eigenvalue weighted by molar-refractivity contribution is 0.0113. The Bertz CT molecular complexity index is 486. The molecule has 1 fully saturated rings. The largest absolute Gasteiger partial charge is 0.444 e. The van der Waals surface area contributed by atoms with Gasteiger partial charge in [-0.15, -0.1) is 11.3 Å². The number of piperidine rings is 1. The zero-order chi connectivity index (χ0) is 14.9. The molecule has 0 saturated carbocycles. The summed E-state index contributed by atoms with van der Waals surface area (Å²) in [7, 11) is 0. The summed E-state index contributed by atoms with van der Waals surface area (Å²) in [6, 6.07) is 0. The number of carbonyl (C=O) groups is 1. The number of carbonyl (C=O) groups excluding carboxylic acids is 1. The third-order valence-electron chi connectivity index (χ3n) is 3.10. The minimum Gasteiger partial charge on any atom is -0.444 e. The van der Waals surface area contributed by atoms with E-state index in [9.17, 15) is 9.18 Å². The number of aromatic nitrogens is 1. The van der Waals surface area contributed by atoms with Crippen molar-refractivity contribution in [2.75, 3.05) is 18.8 Å². The van der Waals surface area contributed by atoms with Gasteiger partial charge in [0.25, 0.3) is 0 Å². The molecule has 2 heterocycles. The van der Waals surface area contributed by atoms with Crippen LogP contribution in [0.4, 0.5) is 14.3 Å². The van der Waals surface area contributed by atoms with Crippen LogP contribution in [0.1, 0.15) is 38.0 Å². The van der Waals surface area contributed by atoms with E-state index in [4.69, 9.17) is 10.5 Å². The molecule has 0 aromatic carbocycles. The number of rotatable bonds is 1. The fourth-order valence-corrected chi connectivity index (χ4v) is 3.06. The Morgan fingerprint density at radius 2 is 2.30 bits per heavy atom. The second-order valence-corrected chi connectivity index (χ2v) is 7.03. The number of amides is 1. The molecule has 2 atom stereocenters. The number of nitrogen functional groups attached to an aromatic ring is 1. The van der Waals surface area contributed by atoms with Crippen molar-refractivity contribution < 1.29 is 13.9 Å². The van der Waals surface area contributed by atoms with Crippen molar-refractivity contribution in [2.24, 2.45) is 0 Å². The van der Waals surface area contributed by atoms with Crippen LogP contribution in [-0.4, -0.2) is 40.8 Å². The lowest BCUT2D eigenvalue weighted by Crippen LogP contribution is -2.46. The first kappa shape index (κ1) is 15.0. The number of hydrogen-bond acceptors (Lipinski definition) is 5. The molecule has 5 nitrogen and oxygen atoms in total. The Morgan fingerprint density at radius 3 is 2.80 bits per heavy atom. The fourth-order valence-electron chi connectivity index (χ4n) is 2.19. The number of halogens is 1. The molecule has 0 unspecified atom stereocenters. The molecule has 0 radical (unpaired) electrons. The van der Waals surface area contributed by atoms with Crippen LogP contribution in [0.3, 0.4) is 0 Å². The summed E-state index contributed by atoms with van der Waals surface area (Å²) in [5.74, 6) is -0.233. The molecule has 20 heavy (non-hydrogen) atoms. The number of thiazole rings is 1. The van der Waals surface area contributed by atoms with E-state index in [1.165, 1.54) is 16.2 Å². The van der Waals surface area contributed by atoms with E-state index in [0.717, 1.165) is 4.88 Å². The topological polar surface area (TPSA) is 68.5 Å². The van der Waals surface area contributed by atoms with Crippen molar-refractivity contribution in [3.05, 3.63) is 11.1 Å². The third-order valence-corrected chi connectivity index (χ3v) is 4.06. The standard InChI is InChI=1S/C13H20FN3O2S/c1-13(2,3)19-12(18)17-5-4-8(9(14)7-17)10-6-16-11(15)20-10/h6,8-9H,4-5,7H2,1-3H3,(H2,15,16)/t8-,9+/m1/s1.